The van der Waals surface area contributed by atoms with Crippen LogP contribution in [0.15, 0.2) is 29.6 Å². The zero-order valence-electron chi connectivity index (χ0n) is 12.2. The third kappa shape index (κ3) is 3.52. The molecule has 1 fully saturated rings. The Morgan fingerprint density at radius 2 is 2.09 bits per heavy atom. The lowest BCUT2D eigenvalue weighted by molar-refractivity contribution is -0.00201. The first kappa shape index (κ1) is 15.6. The molecule has 0 amide bonds. The van der Waals surface area contributed by atoms with Gasteiger partial charge >= 0.3 is 0 Å². The van der Waals surface area contributed by atoms with Gasteiger partial charge in [-0.15, -0.1) is 11.3 Å². The fourth-order valence-corrected chi connectivity index (χ4v) is 3.59. The predicted octanol–water partition coefficient (Wildman–Crippen LogP) is 2.12. The van der Waals surface area contributed by atoms with Crippen molar-refractivity contribution < 1.29 is 14.6 Å². The van der Waals surface area contributed by atoms with Gasteiger partial charge in [0.2, 0.25) is 0 Å². The molecule has 0 saturated carbocycles. The largest absolute Gasteiger partial charge is 0.396 e. The lowest BCUT2D eigenvalue weighted by Crippen LogP contribution is -2.44. The molecule has 0 aliphatic carbocycles. The van der Waals surface area contributed by atoms with Crippen LogP contribution in [0.5, 0.6) is 0 Å². The van der Waals surface area contributed by atoms with Gasteiger partial charge in [0.05, 0.1) is 18.3 Å². The normalized spacial score (nSPS) is 22.9. The van der Waals surface area contributed by atoms with Crippen LogP contribution in [0.1, 0.15) is 11.4 Å². The third-order valence-electron chi connectivity index (χ3n) is 4.06. The monoisotopic (exact) mass is 322 g/mol. The van der Waals surface area contributed by atoms with E-state index in [1.54, 1.807) is 23.5 Å². The lowest BCUT2D eigenvalue weighted by Gasteiger charge is -2.34. The fourth-order valence-electron chi connectivity index (χ4n) is 2.75. The summed E-state index contributed by atoms with van der Waals surface area (Å²) in [6, 6.07) is 6.33. The standard InChI is InChI=1S/C16H19FN2O2S/c17-13-3-1-11(2-4-13)14-10-22-16(18-14)8-19-6-5-15(21)12(7-19)9-20/h1-4,10,12,15,20-21H,5-9H2/t12-,15-/m0/s1. The van der Waals surface area contributed by atoms with Crippen LogP contribution in [0.2, 0.25) is 0 Å². The first-order valence-corrected chi connectivity index (χ1v) is 8.25. The molecule has 2 aromatic rings. The maximum Gasteiger partial charge on any atom is 0.123 e. The van der Waals surface area contributed by atoms with E-state index in [1.807, 2.05) is 5.38 Å². The summed E-state index contributed by atoms with van der Waals surface area (Å²) in [4.78, 5) is 6.81. The average Bonchev–Trinajstić information content (AvgIpc) is 2.98. The van der Waals surface area contributed by atoms with Gasteiger partial charge in [-0.1, -0.05) is 0 Å². The molecule has 0 radical (unpaired) electrons. The highest BCUT2D eigenvalue weighted by atomic mass is 32.1. The molecule has 0 bridgehead atoms. The van der Waals surface area contributed by atoms with Crippen molar-refractivity contribution in [2.45, 2.75) is 19.1 Å². The van der Waals surface area contributed by atoms with E-state index in [1.165, 1.54) is 12.1 Å². The minimum Gasteiger partial charge on any atom is -0.396 e. The van der Waals surface area contributed by atoms with Crippen LogP contribution in [-0.4, -0.2) is 45.9 Å². The van der Waals surface area contributed by atoms with Crippen LogP contribution in [-0.2, 0) is 6.54 Å². The highest BCUT2D eigenvalue weighted by molar-refractivity contribution is 7.09. The Morgan fingerprint density at radius 1 is 1.32 bits per heavy atom. The van der Waals surface area contributed by atoms with Crippen molar-refractivity contribution in [3.63, 3.8) is 0 Å². The smallest absolute Gasteiger partial charge is 0.123 e. The minimum atomic E-state index is -0.410. The Kier molecular flexibility index (Phi) is 4.83. The van der Waals surface area contributed by atoms with E-state index in [4.69, 9.17) is 0 Å². The minimum absolute atomic E-state index is 0.0103. The third-order valence-corrected chi connectivity index (χ3v) is 4.90. The van der Waals surface area contributed by atoms with E-state index >= 15 is 0 Å². The molecule has 1 saturated heterocycles. The van der Waals surface area contributed by atoms with Crippen molar-refractivity contribution in [3.05, 3.63) is 40.5 Å². The molecule has 6 heteroatoms. The van der Waals surface area contributed by atoms with Crippen LogP contribution in [0.25, 0.3) is 11.3 Å². The Bertz CT molecular complexity index is 617. The van der Waals surface area contributed by atoms with E-state index in [2.05, 4.69) is 9.88 Å². The van der Waals surface area contributed by atoms with E-state index in [-0.39, 0.29) is 18.3 Å². The van der Waals surface area contributed by atoms with Crippen LogP contribution in [0, 0.1) is 11.7 Å². The van der Waals surface area contributed by atoms with Crippen LogP contribution in [0.4, 0.5) is 4.39 Å². The molecular formula is C16H19FN2O2S. The van der Waals surface area contributed by atoms with Gasteiger partial charge in [-0.2, -0.15) is 0 Å². The second-order valence-corrected chi connectivity index (χ2v) is 6.61. The van der Waals surface area contributed by atoms with Gasteiger partial charge < -0.3 is 10.2 Å². The summed E-state index contributed by atoms with van der Waals surface area (Å²) in [5, 5.41) is 22.1. The van der Waals surface area contributed by atoms with Crippen molar-refractivity contribution in [1.29, 1.82) is 0 Å². The number of aliphatic hydroxyl groups excluding tert-OH is 2. The van der Waals surface area contributed by atoms with Gasteiger partial charge in [0, 0.05) is 36.6 Å². The Morgan fingerprint density at radius 3 is 2.82 bits per heavy atom. The van der Waals surface area contributed by atoms with Gasteiger partial charge in [0.15, 0.2) is 0 Å². The summed E-state index contributed by atoms with van der Waals surface area (Å²) in [5.41, 5.74) is 1.77. The summed E-state index contributed by atoms with van der Waals surface area (Å²) >= 11 is 1.58. The molecule has 2 heterocycles. The molecule has 4 nitrogen and oxygen atoms in total. The number of thiazole rings is 1. The Hall–Kier alpha value is -1.34. The number of nitrogens with zero attached hydrogens (tertiary/aromatic N) is 2. The quantitative estimate of drug-likeness (QED) is 0.905. The lowest BCUT2D eigenvalue weighted by atomic mass is 9.96. The van der Waals surface area contributed by atoms with Crippen LogP contribution >= 0.6 is 11.3 Å². The molecular weight excluding hydrogens is 303 g/mol. The van der Waals surface area contributed by atoms with E-state index < -0.39 is 6.10 Å². The number of hydrogen-bond acceptors (Lipinski definition) is 5. The number of aliphatic hydroxyl groups is 2. The maximum absolute atomic E-state index is 13.0. The summed E-state index contributed by atoms with van der Waals surface area (Å²) in [7, 11) is 0. The summed E-state index contributed by atoms with van der Waals surface area (Å²) < 4.78 is 13.0. The first-order chi connectivity index (χ1) is 10.7. The van der Waals surface area contributed by atoms with E-state index in [0.717, 1.165) is 29.4 Å². The Labute approximate surface area is 132 Å². The molecule has 22 heavy (non-hydrogen) atoms. The molecule has 0 unspecified atom stereocenters. The number of likely N-dealkylation sites (tertiary alicyclic amines) is 1. The van der Waals surface area contributed by atoms with E-state index in [0.29, 0.717) is 13.0 Å². The molecule has 1 aromatic carbocycles. The highest BCUT2D eigenvalue weighted by Gasteiger charge is 2.27. The molecule has 1 aliphatic rings. The number of rotatable bonds is 4. The van der Waals surface area contributed by atoms with Crippen LogP contribution < -0.4 is 0 Å². The van der Waals surface area contributed by atoms with Gasteiger partial charge in [0.25, 0.3) is 0 Å². The number of benzene rings is 1. The molecule has 2 N–H and O–H groups in total. The van der Waals surface area contributed by atoms with Gasteiger partial charge in [-0.3, -0.25) is 4.90 Å². The summed E-state index contributed by atoms with van der Waals surface area (Å²) in [6.45, 7) is 2.22. The van der Waals surface area contributed by atoms with Crippen molar-refractivity contribution in [3.8, 4) is 11.3 Å². The highest BCUT2D eigenvalue weighted by Crippen LogP contribution is 2.24. The molecule has 2 atom stereocenters. The molecule has 0 spiro atoms. The van der Waals surface area contributed by atoms with Gasteiger partial charge in [-0.25, -0.2) is 9.37 Å². The number of hydrogen-bond donors (Lipinski definition) is 2. The van der Waals surface area contributed by atoms with Crippen molar-refractivity contribution in [1.82, 2.24) is 9.88 Å². The Balaban J connectivity index is 1.65. The zero-order valence-corrected chi connectivity index (χ0v) is 13.0. The van der Waals surface area contributed by atoms with Gasteiger partial charge in [0.1, 0.15) is 10.8 Å². The second-order valence-electron chi connectivity index (χ2n) is 5.67. The van der Waals surface area contributed by atoms with Crippen molar-refractivity contribution >= 4 is 11.3 Å². The molecule has 118 valence electrons. The topological polar surface area (TPSA) is 56.6 Å². The number of piperidine rings is 1. The molecule has 1 aromatic heterocycles. The number of halogens is 1. The predicted molar refractivity (Wildman–Crippen MR) is 84.0 cm³/mol. The average molecular weight is 322 g/mol. The maximum atomic E-state index is 13.0. The van der Waals surface area contributed by atoms with Crippen molar-refractivity contribution in [2.24, 2.45) is 5.92 Å². The summed E-state index contributed by atoms with van der Waals surface area (Å²) in [6.07, 6.45) is 0.272. The zero-order chi connectivity index (χ0) is 15.5. The molecule has 3 rings (SSSR count). The molecule has 1 aliphatic heterocycles. The summed E-state index contributed by atoms with van der Waals surface area (Å²) in [5.74, 6) is -0.327. The number of aromatic nitrogens is 1. The van der Waals surface area contributed by atoms with E-state index in [9.17, 15) is 14.6 Å². The first-order valence-electron chi connectivity index (χ1n) is 7.37. The van der Waals surface area contributed by atoms with Crippen LogP contribution in [0.3, 0.4) is 0 Å². The van der Waals surface area contributed by atoms with Gasteiger partial charge in [-0.05, 0) is 30.7 Å². The fraction of sp³-hybridized carbons (Fsp3) is 0.438. The SMILES string of the molecule is OC[C@@H]1CN(Cc2nc(-c3ccc(F)cc3)cs2)CC[C@@H]1O. The second kappa shape index (κ2) is 6.83. The van der Waals surface area contributed by atoms with Crippen molar-refractivity contribution in [2.75, 3.05) is 19.7 Å².